The van der Waals surface area contributed by atoms with Crippen LogP contribution in [0.25, 0.3) is 0 Å². The van der Waals surface area contributed by atoms with Crippen molar-refractivity contribution in [3.8, 4) is 11.5 Å². The van der Waals surface area contributed by atoms with Crippen LogP contribution in [0.1, 0.15) is 59.5 Å². The lowest BCUT2D eigenvalue weighted by Crippen LogP contribution is -2.16. The van der Waals surface area contributed by atoms with E-state index >= 15 is 0 Å². The van der Waals surface area contributed by atoms with Gasteiger partial charge in [-0.05, 0) is 60.4 Å². The van der Waals surface area contributed by atoms with Gasteiger partial charge in [0.05, 0.1) is 25.0 Å². The molecule has 3 rings (SSSR count). The lowest BCUT2D eigenvalue weighted by atomic mass is 9.87. The van der Waals surface area contributed by atoms with E-state index in [2.05, 4.69) is 38.2 Å². The summed E-state index contributed by atoms with van der Waals surface area (Å²) in [5.74, 6) is 0.516. The van der Waals surface area contributed by atoms with Crippen LogP contribution in [0.4, 0.5) is 5.69 Å². The number of hydrogen-bond acceptors (Lipinski definition) is 5. The summed E-state index contributed by atoms with van der Waals surface area (Å²) in [7, 11) is 1.30. The average Bonchev–Trinajstić information content (AvgIpc) is 2.83. The molecular weight excluding hydrogens is 430 g/mol. The highest BCUT2D eigenvalue weighted by atomic mass is 16.5. The van der Waals surface area contributed by atoms with Crippen LogP contribution in [-0.2, 0) is 16.8 Å². The van der Waals surface area contributed by atoms with Crippen molar-refractivity contribution in [1.29, 1.82) is 0 Å². The minimum Gasteiger partial charge on any atom is -0.493 e. The fraction of sp³-hybridized carbons (Fsp3) is 0.286. The zero-order valence-corrected chi connectivity index (χ0v) is 20.3. The highest BCUT2D eigenvalue weighted by Gasteiger charge is 2.17. The Morgan fingerprint density at radius 3 is 2.26 bits per heavy atom. The van der Waals surface area contributed by atoms with E-state index in [0.29, 0.717) is 23.6 Å². The second-order valence-electron chi connectivity index (χ2n) is 8.81. The Bertz CT molecular complexity index is 1150. The van der Waals surface area contributed by atoms with E-state index in [-0.39, 0.29) is 23.5 Å². The first kappa shape index (κ1) is 24.8. The summed E-state index contributed by atoms with van der Waals surface area (Å²) >= 11 is 0. The van der Waals surface area contributed by atoms with Crippen molar-refractivity contribution < 1.29 is 23.8 Å². The first-order chi connectivity index (χ1) is 16.2. The van der Waals surface area contributed by atoms with E-state index < -0.39 is 5.97 Å². The van der Waals surface area contributed by atoms with Crippen molar-refractivity contribution >= 4 is 17.6 Å². The van der Waals surface area contributed by atoms with Crippen LogP contribution in [0.5, 0.6) is 11.5 Å². The molecule has 0 bridgehead atoms. The third kappa shape index (κ3) is 6.16. The highest BCUT2D eigenvalue weighted by Crippen LogP contribution is 2.27. The first-order valence-corrected chi connectivity index (χ1v) is 11.2. The molecule has 3 aromatic rings. The van der Waals surface area contributed by atoms with Gasteiger partial charge in [-0.15, -0.1) is 0 Å². The molecule has 0 radical (unpaired) electrons. The number of rotatable bonds is 8. The fourth-order valence-corrected chi connectivity index (χ4v) is 3.42. The van der Waals surface area contributed by atoms with Crippen molar-refractivity contribution in [3.05, 3.63) is 89.0 Å². The molecule has 0 aliphatic carbocycles. The van der Waals surface area contributed by atoms with Crippen molar-refractivity contribution in [2.45, 2.75) is 39.7 Å². The Morgan fingerprint density at radius 2 is 1.62 bits per heavy atom. The molecule has 0 aromatic heterocycles. The Labute approximate surface area is 200 Å². The summed E-state index contributed by atoms with van der Waals surface area (Å²) < 4.78 is 16.5. The van der Waals surface area contributed by atoms with Gasteiger partial charge in [0.2, 0.25) is 0 Å². The summed E-state index contributed by atoms with van der Waals surface area (Å²) in [4.78, 5) is 25.0. The molecule has 3 aromatic carbocycles. The molecule has 1 N–H and O–H groups in total. The van der Waals surface area contributed by atoms with Crippen LogP contribution in [0.3, 0.4) is 0 Å². The Kier molecular flexibility index (Phi) is 7.95. The molecule has 0 atom stereocenters. The van der Waals surface area contributed by atoms with Gasteiger partial charge < -0.3 is 19.5 Å². The highest BCUT2D eigenvalue weighted by molar-refractivity contribution is 6.08. The Morgan fingerprint density at radius 1 is 0.912 bits per heavy atom. The molecule has 34 heavy (non-hydrogen) atoms. The van der Waals surface area contributed by atoms with E-state index in [1.165, 1.54) is 12.7 Å². The van der Waals surface area contributed by atoms with Gasteiger partial charge in [-0.1, -0.05) is 45.0 Å². The molecule has 0 aliphatic rings. The number of carbonyl (C=O) groups is 2. The number of hydrogen-bond donors (Lipinski definition) is 1. The zero-order chi connectivity index (χ0) is 24.7. The molecule has 0 saturated heterocycles. The topological polar surface area (TPSA) is 73.9 Å². The normalized spacial score (nSPS) is 11.0. The molecule has 178 valence electrons. The maximum Gasteiger partial charge on any atom is 0.339 e. The fourth-order valence-electron chi connectivity index (χ4n) is 3.42. The van der Waals surface area contributed by atoms with E-state index in [0.717, 1.165) is 11.3 Å². The lowest BCUT2D eigenvalue weighted by molar-refractivity contribution is 0.0602. The van der Waals surface area contributed by atoms with Crippen molar-refractivity contribution in [3.63, 3.8) is 0 Å². The number of esters is 1. The zero-order valence-electron chi connectivity index (χ0n) is 20.3. The monoisotopic (exact) mass is 461 g/mol. The lowest BCUT2D eigenvalue weighted by Gasteiger charge is -2.19. The standard InChI is InChI=1S/C28H31NO5/c1-6-33-25-16-11-19(26(30)29-24-10-8-7-9-23(24)27(31)32-5)17-20(25)18-34-22-14-12-21(13-15-22)28(2,3)4/h7-17H,6,18H2,1-5H3,(H,29,30). The molecule has 0 saturated carbocycles. The van der Waals surface area contributed by atoms with Gasteiger partial charge in [0.15, 0.2) is 0 Å². The van der Waals surface area contributed by atoms with Gasteiger partial charge in [0.1, 0.15) is 18.1 Å². The van der Waals surface area contributed by atoms with E-state index in [1.54, 1.807) is 42.5 Å². The van der Waals surface area contributed by atoms with Crippen molar-refractivity contribution in [2.24, 2.45) is 0 Å². The van der Waals surface area contributed by atoms with Crippen LogP contribution >= 0.6 is 0 Å². The van der Waals surface area contributed by atoms with Crippen LogP contribution in [0.15, 0.2) is 66.7 Å². The van der Waals surface area contributed by atoms with Crippen molar-refractivity contribution in [2.75, 3.05) is 19.0 Å². The molecule has 0 unspecified atom stereocenters. The molecule has 6 nitrogen and oxygen atoms in total. The number of anilines is 1. The van der Waals surface area contributed by atoms with Gasteiger partial charge in [0, 0.05) is 11.1 Å². The summed E-state index contributed by atoms with van der Waals surface area (Å²) in [6, 6.07) is 19.9. The van der Waals surface area contributed by atoms with Crippen LogP contribution in [0.2, 0.25) is 0 Å². The third-order valence-electron chi connectivity index (χ3n) is 5.32. The summed E-state index contributed by atoms with van der Waals surface area (Å²) in [5.41, 5.74) is 3.12. The van der Waals surface area contributed by atoms with E-state index in [9.17, 15) is 9.59 Å². The maximum atomic E-state index is 13.0. The smallest absolute Gasteiger partial charge is 0.339 e. The van der Waals surface area contributed by atoms with Gasteiger partial charge in [-0.2, -0.15) is 0 Å². The summed E-state index contributed by atoms with van der Waals surface area (Å²) in [6.45, 7) is 9.13. The largest absolute Gasteiger partial charge is 0.493 e. The predicted molar refractivity (Wildman–Crippen MR) is 133 cm³/mol. The molecule has 0 spiro atoms. The number of carbonyl (C=O) groups excluding carboxylic acids is 2. The summed E-state index contributed by atoms with van der Waals surface area (Å²) in [6.07, 6.45) is 0. The molecule has 0 aliphatic heterocycles. The first-order valence-electron chi connectivity index (χ1n) is 11.2. The molecule has 0 fully saturated rings. The van der Waals surface area contributed by atoms with Gasteiger partial charge in [0.25, 0.3) is 5.91 Å². The minimum atomic E-state index is -0.519. The van der Waals surface area contributed by atoms with Gasteiger partial charge in [-0.25, -0.2) is 4.79 Å². The van der Waals surface area contributed by atoms with Gasteiger partial charge in [-0.3, -0.25) is 4.79 Å². The quantitative estimate of drug-likeness (QED) is 0.417. The Hall–Kier alpha value is -3.80. The average molecular weight is 462 g/mol. The van der Waals surface area contributed by atoms with E-state index in [4.69, 9.17) is 14.2 Å². The van der Waals surface area contributed by atoms with Crippen LogP contribution in [0, 0.1) is 0 Å². The minimum absolute atomic E-state index is 0.0643. The molecule has 6 heteroatoms. The number of benzene rings is 3. The molecular formula is C28H31NO5. The summed E-state index contributed by atoms with van der Waals surface area (Å²) in [5, 5.41) is 2.79. The maximum absolute atomic E-state index is 13.0. The predicted octanol–water partition coefficient (Wildman–Crippen LogP) is 6.00. The number of ether oxygens (including phenoxy) is 3. The molecule has 1 amide bonds. The molecule has 0 heterocycles. The van der Waals surface area contributed by atoms with Crippen LogP contribution < -0.4 is 14.8 Å². The number of methoxy groups -OCH3 is 1. The second kappa shape index (κ2) is 10.9. The van der Waals surface area contributed by atoms with Gasteiger partial charge >= 0.3 is 5.97 Å². The van der Waals surface area contributed by atoms with Crippen LogP contribution in [-0.4, -0.2) is 25.6 Å². The number of amides is 1. The second-order valence-corrected chi connectivity index (χ2v) is 8.81. The van der Waals surface area contributed by atoms with Crippen molar-refractivity contribution in [1.82, 2.24) is 0 Å². The SMILES string of the molecule is CCOc1ccc(C(=O)Nc2ccccc2C(=O)OC)cc1COc1ccc(C(C)(C)C)cc1. The Balaban J connectivity index is 1.79. The van der Waals surface area contributed by atoms with E-state index in [1.807, 2.05) is 19.1 Å². The third-order valence-corrected chi connectivity index (χ3v) is 5.32. The number of nitrogens with one attached hydrogen (secondary N) is 1. The number of para-hydroxylation sites is 1.